The zero-order valence-electron chi connectivity index (χ0n) is 12.5. The smallest absolute Gasteiger partial charge is 0.326 e. The minimum absolute atomic E-state index is 0.0935. The Balaban J connectivity index is 1.98. The molecule has 4 heteroatoms. The first-order valence-corrected chi connectivity index (χ1v) is 8.44. The number of hydrogen-bond donors (Lipinski definition) is 1. The van der Waals surface area contributed by atoms with Gasteiger partial charge in [-0.1, -0.05) is 25.8 Å². The Labute approximate surface area is 125 Å². The number of methoxy groups -OCH3 is 1. The van der Waals surface area contributed by atoms with Crippen LogP contribution in [0, 0.1) is 5.92 Å². The average Bonchev–Trinajstić information content (AvgIpc) is 3.00. The van der Waals surface area contributed by atoms with E-state index in [2.05, 4.69) is 23.7 Å². The first kappa shape index (κ1) is 15.5. The molecule has 2 rings (SSSR count). The summed E-state index contributed by atoms with van der Waals surface area (Å²) in [6.07, 6.45) is 6.56. The minimum atomic E-state index is -0.469. The molecule has 0 unspecified atom stereocenters. The summed E-state index contributed by atoms with van der Waals surface area (Å²) < 4.78 is 5.06. The van der Waals surface area contributed by atoms with Crippen LogP contribution in [-0.2, 0) is 16.1 Å². The molecule has 3 nitrogen and oxygen atoms in total. The lowest BCUT2D eigenvalue weighted by Gasteiger charge is -2.38. The Morgan fingerprint density at radius 3 is 2.80 bits per heavy atom. The van der Waals surface area contributed by atoms with Crippen LogP contribution in [0.5, 0.6) is 0 Å². The quantitative estimate of drug-likeness (QED) is 0.813. The van der Waals surface area contributed by atoms with Crippen molar-refractivity contribution < 1.29 is 9.53 Å². The second kappa shape index (κ2) is 7.23. The predicted molar refractivity (Wildman–Crippen MR) is 82.8 cm³/mol. The molecule has 1 aromatic rings. The van der Waals surface area contributed by atoms with Gasteiger partial charge in [0.1, 0.15) is 5.54 Å². The first-order chi connectivity index (χ1) is 9.70. The standard InChI is InChI=1S/C16H25NO2S/c1-3-5-13-7-9-16(10-8-13,15(18)19-2)17-12-14-6-4-11-20-14/h4,6,11,13,17H,3,5,7-10,12H2,1-2H3. The second-order valence-electron chi connectivity index (χ2n) is 5.74. The maximum absolute atomic E-state index is 12.2. The van der Waals surface area contributed by atoms with Gasteiger partial charge in [0.2, 0.25) is 0 Å². The summed E-state index contributed by atoms with van der Waals surface area (Å²) >= 11 is 1.72. The van der Waals surface area contributed by atoms with E-state index in [1.54, 1.807) is 11.3 Å². The van der Waals surface area contributed by atoms with E-state index in [0.29, 0.717) is 0 Å². The predicted octanol–water partition coefficient (Wildman–Crippen LogP) is 3.74. The molecule has 1 aliphatic carbocycles. The third-order valence-electron chi connectivity index (χ3n) is 4.41. The lowest BCUT2D eigenvalue weighted by atomic mass is 9.75. The summed E-state index contributed by atoms with van der Waals surface area (Å²) in [5.74, 6) is 0.685. The van der Waals surface area contributed by atoms with E-state index in [0.717, 1.165) is 38.1 Å². The molecule has 1 aliphatic rings. The number of ether oxygens (including phenoxy) is 1. The van der Waals surface area contributed by atoms with Gasteiger partial charge in [-0.2, -0.15) is 0 Å². The highest BCUT2D eigenvalue weighted by molar-refractivity contribution is 7.09. The van der Waals surface area contributed by atoms with Crippen molar-refractivity contribution in [2.24, 2.45) is 5.92 Å². The van der Waals surface area contributed by atoms with Crippen LogP contribution in [0.1, 0.15) is 50.3 Å². The van der Waals surface area contributed by atoms with Crippen molar-refractivity contribution in [2.75, 3.05) is 7.11 Å². The molecule has 0 aromatic carbocycles. The van der Waals surface area contributed by atoms with Crippen molar-refractivity contribution in [3.8, 4) is 0 Å². The van der Waals surface area contributed by atoms with Crippen LogP contribution < -0.4 is 5.32 Å². The van der Waals surface area contributed by atoms with Crippen molar-refractivity contribution >= 4 is 17.3 Å². The van der Waals surface area contributed by atoms with Crippen LogP contribution in [0.2, 0.25) is 0 Å². The maximum atomic E-state index is 12.2. The zero-order valence-corrected chi connectivity index (χ0v) is 13.3. The monoisotopic (exact) mass is 295 g/mol. The van der Waals surface area contributed by atoms with Crippen molar-refractivity contribution in [1.82, 2.24) is 5.32 Å². The summed E-state index contributed by atoms with van der Waals surface area (Å²) in [7, 11) is 1.50. The molecule has 112 valence electrons. The lowest BCUT2D eigenvalue weighted by Crippen LogP contribution is -2.54. The van der Waals surface area contributed by atoms with Crippen LogP contribution in [0.15, 0.2) is 17.5 Å². The number of thiophene rings is 1. The van der Waals surface area contributed by atoms with Crippen LogP contribution >= 0.6 is 11.3 Å². The molecule has 1 N–H and O–H groups in total. The normalized spacial score (nSPS) is 26.4. The molecule has 0 aliphatic heterocycles. The molecule has 1 saturated carbocycles. The van der Waals surface area contributed by atoms with Crippen molar-refractivity contribution in [3.05, 3.63) is 22.4 Å². The number of carbonyl (C=O) groups excluding carboxylic acids is 1. The number of esters is 1. The van der Waals surface area contributed by atoms with E-state index in [4.69, 9.17) is 4.74 Å². The molecule has 0 saturated heterocycles. The van der Waals surface area contributed by atoms with Crippen LogP contribution in [-0.4, -0.2) is 18.6 Å². The highest BCUT2D eigenvalue weighted by Crippen LogP contribution is 2.35. The first-order valence-electron chi connectivity index (χ1n) is 7.56. The molecule has 0 atom stereocenters. The van der Waals surface area contributed by atoms with E-state index in [1.165, 1.54) is 24.8 Å². The van der Waals surface area contributed by atoms with Gasteiger partial charge in [0.15, 0.2) is 0 Å². The van der Waals surface area contributed by atoms with E-state index in [1.807, 2.05) is 6.07 Å². The van der Waals surface area contributed by atoms with Gasteiger partial charge < -0.3 is 4.74 Å². The van der Waals surface area contributed by atoms with Crippen molar-refractivity contribution in [3.63, 3.8) is 0 Å². The highest BCUT2D eigenvalue weighted by Gasteiger charge is 2.42. The van der Waals surface area contributed by atoms with E-state index in [9.17, 15) is 4.79 Å². The maximum Gasteiger partial charge on any atom is 0.326 e. The minimum Gasteiger partial charge on any atom is -0.468 e. The summed E-state index contributed by atoms with van der Waals surface area (Å²) in [6.45, 7) is 2.99. The summed E-state index contributed by atoms with van der Waals surface area (Å²) in [5, 5.41) is 5.56. The molecule has 1 aromatic heterocycles. The molecule has 0 radical (unpaired) electrons. The van der Waals surface area contributed by atoms with Crippen LogP contribution in [0.3, 0.4) is 0 Å². The summed E-state index contributed by atoms with van der Waals surface area (Å²) in [5.41, 5.74) is -0.469. The molecule has 0 bridgehead atoms. The Hall–Kier alpha value is -0.870. The molecular formula is C16H25NO2S. The van der Waals surface area contributed by atoms with Crippen LogP contribution in [0.25, 0.3) is 0 Å². The van der Waals surface area contributed by atoms with E-state index in [-0.39, 0.29) is 5.97 Å². The van der Waals surface area contributed by atoms with Crippen molar-refractivity contribution in [2.45, 2.75) is 57.5 Å². The summed E-state index contributed by atoms with van der Waals surface area (Å²) in [6, 6.07) is 4.15. The fourth-order valence-corrected chi connectivity index (χ4v) is 3.83. The lowest BCUT2D eigenvalue weighted by molar-refractivity contribution is -0.150. The third kappa shape index (κ3) is 3.61. The summed E-state index contributed by atoms with van der Waals surface area (Å²) in [4.78, 5) is 13.5. The Kier molecular flexibility index (Phi) is 5.61. The highest BCUT2D eigenvalue weighted by atomic mass is 32.1. The third-order valence-corrected chi connectivity index (χ3v) is 5.29. The van der Waals surface area contributed by atoms with Gasteiger partial charge >= 0.3 is 5.97 Å². The van der Waals surface area contributed by atoms with E-state index < -0.39 is 5.54 Å². The molecule has 1 fully saturated rings. The average molecular weight is 295 g/mol. The fraction of sp³-hybridized carbons (Fsp3) is 0.688. The second-order valence-corrected chi connectivity index (χ2v) is 6.77. The SMILES string of the molecule is CCCC1CCC(NCc2cccs2)(C(=O)OC)CC1. The van der Waals surface area contributed by atoms with Crippen LogP contribution in [0.4, 0.5) is 0 Å². The number of hydrogen-bond acceptors (Lipinski definition) is 4. The molecule has 20 heavy (non-hydrogen) atoms. The molecule has 0 amide bonds. The van der Waals surface area contributed by atoms with Gasteiger partial charge in [0.05, 0.1) is 7.11 Å². The molecule has 1 heterocycles. The van der Waals surface area contributed by atoms with Gasteiger partial charge in [0.25, 0.3) is 0 Å². The fourth-order valence-electron chi connectivity index (χ4n) is 3.19. The molecule has 0 spiro atoms. The number of rotatable bonds is 6. The topological polar surface area (TPSA) is 38.3 Å². The number of nitrogens with one attached hydrogen (secondary N) is 1. The van der Waals surface area contributed by atoms with Gasteiger partial charge in [-0.3, -0.25) is 10.1 Å². The molecular weight excluding hydrogens is 270 g/mol. The van der Waals surface area contributed by atoms with Gasteiger partial charge in [-0.15, -0.1) is 11.3 Å². The van der Waals surface area contributed by atoms with Crippen molar-refractivity contribution in [1.29, 1.82) is 0 Å². The Morgan fingerprint density at radius 1 is 1.50 bits per heavy atom. The largest absolute Gasteiger partial charge is 0.468 e. The zero-order chi connectivity index (χ0) is 14.4. The van der Waals surface area contributed by atoms with E-state index >= 15 is 0 Å². The van der Waals surface area contributed by atoms with Gasteiger partial charge in [0, 0.05) is 11.4 Å². The Morgan fingerprint density at radius 2 is 2.25 bits per heavy atom. The number of carbonyl (C=O) groups is 1. The van der Waals surface area contributed by atoms with Gasteiger partial charge in [-0.05, 0) is 43.0 Å². The Bertz CT molecular complexity index is 408. The van der Waals surface area contributed by atoms with Gasteiger partial charge in [-0.25, -0.2) is 0 Å².